The molecule has 5 heteroatoms. The van der Waals surface area contributed by atoms with Crippen molar-refractivity contribution < 1.29 is 24.2 Å². The predicted molar refractivity (Wildman–Crippen MR) is 139 cm³/mol. The molecule has 0 spiro atoms. The molecule has 1 N–H and O–H groups in total. The minimum Gasteiger partial charge on any atom is -0.481 e. The highest BCUT2D eigenvalue weighted by Gasteiger charge is 2.36. The van der Waals surface area contributed by atoms with Crippen molar-refractivity contribution in [3.05, 3.63) is 11.6 Å². The molecule has 1 heterocycles. The van der Waals surface area contributed by atoms with Crippen molar-refractivity contribution in [2.75, 3.05) is 6.61 Å². The van der Waals surface area contributed by atoms with E-state index >= 15 is 0 Å². The Morgan fingerprint density at radius 2 is 1.83 bits per heavy atom. The average Bonchev–Trinajstić information content (AvgIpc) is 2.92. The second-order valence-electron chi connectivity index (χ2n) is 11.6. The highest BCUT2D eigenvalue weighted by molar-refractivity contribution is 5.97. The lowest BCUT2D eigenvalue weighted by Crippen LogP contribution is -2.33. The smallest absolute Gasteiger partial charge is 0.303 e. The second-order valence-corrected chi connectivity index (χ2v) is 11.6. The fraction of sp³-hybridized carbons (Fsp3) is 0.867. The molecule has 0 aromatic rings. The minimum atomic E-state index is -0.694. The molecule has 0 radical (unpaired) electrons. The van der Waals surface area contributed by atoms with Crippen LogP contribution in [-0.4, -0.2) is 35.9 Å². The maximum atomic E-state index is 13.9. The van der Waals surface area contributed by atoms with Gasteiger partial charge in [0.15, 0.2) is 12.1 Å². The van der Waals surface area contributed by atoms with E-state index < -0.39 is 5.97 Å². The molecule has 2 saturated carbocycles. The predicted octanol–water partition coefficient (Wildman–Crippen LogP) is 7.33. The van der Waals surface area contributed by atoms with Gasteiger partial charge in [-0.15, -0.1) is 0 Å². The van der Waals surface area contributed by atoms with E-state index in [0.717, 1.165) is 95.7 Å². The van der Waals surface area contributed by atoms with Gasteiger partial charge in [-0.3, -0.25) is 9.59 Å². The molecule has 200 valence electrons. The maximum absolute atomic E-state index is 13.9. The number of Topliss-reactive ketones (excluding diaryl/α,β-unsaturated/α-hetero) is 1. The Morgan fingerprint density at radius 3 is 2.51 bits per heavy atom. The molecule has 3 rings (SSSR count). The number of aliphatic carboxylic acids is 1. The van der Waals surface area contributed by atoms with Gasteiger partial charge in [-0.05, 0) is 107 Å². The molecule has 1 saturated heterocycles. The molecule has 7 atom stereocenters. The number of carboxylic acids is 1. The number of fused-ring (bicyclic) bond motifs is 1. The normalized spacial score (nSPS) is 35.9. The summed E-state index contributed by atoms with van der Waals surface area (Å²) in [7, 11) is 0. The summed E-state index contributed by atoms with van der Waals surface area (Å²) >= 11 is 0. The van der Waals surface area contributed by atoms with E-state index in [9.17, 15) is 9.59 Å². The standard InChI is InChI=1S/C30H50O5/c1-4-23-17-18-26(35-28-13-5-6-20-34-28)12-8-11-25-10-7-9-24(21(2)15-19-27(31)32)16-14-22(3)29(25)30(23)33/h4,21-22,24-26,28-29H,5-20H2,1-3H3,(H,31,32)/b23-4+/t21-,22?,24?,25?,26?,28?,29?/m1/s1. The summed E-state index contributed by atoms with van der Waals surface area (Å²) < 4.78 is 12.2. The Labute approximate surface area is 213 Å². The van der Waals surface area contributed by atoms with Gasteiger partial charge in [0.2, 0.25) is 0 Å². The summed E-state index contributed by atoms with van der Waals surface area (Å²) in [6, 6.07) is 0. The van der Waals surface area contributed by atoms with Crippen molar-refractivity contribution in [3.8, 4) is 0 Å². The molecular weight excluding hydrogens is 440 g/mol. The van der Waals surface area contributed by atoms with Gasteiger partial charge in [-0.2, -0.15) is 0 Å². The number of ether oxygens (including phenoxy) is 2. The van der Waals surface area contributed by atoms with Crippen LogP contribution in [0.5, 0.6) is 0 Å². The Balaban J connectivity index is 1.69. The Kier molecular flexibility index (Phi) is 11.8. The Hall–Kier alpha value is -1.20. The first-order chi connectivity index (χ1) is 16.9. The first kappa shape index (κ1) is 28.4. The molecule has 3 aliphatic rings. The highest BCUT2D eigenvalue weighted by atomic mass is 16.7. The van der Waals surface area contributed by atoms with E-state index in [1.165, 1.54) is 6.42 Å². The van der Waals surface area contributed by atoms with Crippen molar-refractivity contribution >= 4 is 11.8 Å². The fourth-order valence-corrected chi connectivity index (χ4v) is 6.90. The van der Waals surface area contributed by atoms with Crippen molar-refractivity contribution in [1.29, 1.82) is 0 Å². The van der Waals surface area contributed by atoms with Crippen LogP contribution in [0.1, 0.15) is 117 Å². The van der Waals surface area contributed by atoms with Gasteiger partial charge in [-0.25, -0.2) is 0 Å². The van der Waals surface area contributed by atoms with Crippen molar-refractivity contribution in [2.45, 2.75) is 129 Å². The first-order valence-corrected chi connectivity index (χ1v) is 14.6. The zero-order chi connectivity index (χ0) is 25.2. The van der Waals surface area contributed by atoms with Crippen LogP contribution in [0.3, 0.4) is 0 Å². The molecule has 0 aromatic heterocycles. The number of carbonyl (C=O) groups excluding carboxylic acids is 1. The zero-order valence-corrected chi connectivity index (χ0v) is 22.5. The maximum Gasteiger partial charge on any atom is 0.303 e. The number of hydrogen-bond donors (Lipinski definition) is 1. The summed E-state index contributed by atoms with van der Waals surface area (Å²) in [4.78, 5) is 25.0. The minimum absolute atomic E-state index is 0.0702. The summed E-state index contributed by atoms with van der Waals surface area (Å²) in [5, 5.41) is 9.12. The third kappa shape index (κ3) is 8.70. The van der Waals surface area contributed by atoms with Crippen LogP contribution in [0.15, 0.2) is 11.6 Å². The number of ketones is 1. The molecule has 0 bridgehead atoms. The zero-order valence-electron chi connectivity index (χ0n) is 22.5. The van der Waals surface area contributed by atoms with E-state index in [-0.39, 0.29) is 24.7 Å². The third-order valence-electron chi connectivity index (χ3n) is 9.17. The monoisotopic (exact) mass is 490 g/mol. The summed E-state index contributed by atoms with van der Waals surface area (Å²) in [6.07, 6.45) is 17.0. The largest absolute Gasteiger partial charge is 0.481 e. The van der Waals surface area contributed by atoms with Gasteiger partial charge in [0.1, 0.15) is 0 Å². The van der Waals surface area contributed by atoms with Gasteiger partial charge in [0, 0.05) is 18.9 Å². The number of rotatable bonds is 6. The van der Waals surface area contributed by atoms with Crippen LogP contribution in [0, 0.1) is 29.6 Å². The average molecular weight is 491 g/mol. The molecule has 0 aromatic carbocycles. The first-order valence-electron chi connectivity index (χ1n) is 14.6. The van der Waals surface area contributed by atoms with Crippen LogP contribution in [-0.2, 0) is 19.1 Å². The van der Waals surface area contributed by atoms with Gasteiger partial charge < -0.3 is 14.6 Å². The number of hydrogen-bond acceptors (Lipinski definition) is 4. The lowest BCUT2D eigenvalue weighted by atomic mass is 9.71. The summed E-state index contributed by atoms with van der Waals surface area (Å²) in [6.45, 7) is 7.35. The Bertz CT molecular complexity index is 695. The third-order valence-corrected chi connectivity index (χ3v) is 9.17. The second kappa shape index (κ2) is 14.5. The fourth-order valence-electron chi connectivity index (χ4n) is 6.90. The SMILES string of the molecule is C/C=C1\CCC(OC2CCCCO2)CCCC2CCCC([C@H](C)CCC(=O)O)CCC(C)C2C1=O. The molecule has 5 nitrogen and oxygen atoms in total. The van der Waals surface area contributed by atoms with Crippen LogP contribution in [0.4, 0.5) is 0 Å². The van der Waals surface area contributed by atoms with E-state index in [1.807, 2.05) is 6.92 Å². The topological polar surface area (TPSA) is 72.8 Å². The number of allylic oxidation sites excluding steroid dienone is 2. The summed E-state index contributed by atoms with van der Waals surface area (Å²) in [5.74, 6) is 1.61. The quantitative estimate of drug-likeness (QED) is 0.395. The van der Waals surface area contributed by atoms with E-state index in [1.54, 1.807) is 0 Å². The van der Waals surface area contributed by atoms with E-state index in [2.05, 4.69) is 19.9 Å². The van der Waals surface area contributed by atoms with Gasteiger partial charge >= 0.3 is 5.97 Å². The highest BCUT2D eigenvalue weighted by Crippen LogP contribution is 2.41. The van der Waals surface area contributed by atoms with Crippen molar-refractivity contribution in [3.63, 3.8) is 0 Å². The molecular formula is C30H50O5. The number of carboxylic acid groups (broad SMARTS) is 1. The molecule has 35 heavy (non-hydrogen) atoms. The molecule has 1 aliphatic heterocycles. The lowest BCUT2D eigenvalue weighted by molar-refractivity contribution is -0.190. The molecule has 6 unspecified atom stereocenters. The van der Waals surface area contributed by atoms with Gasteiger partial charge in [0.25, 0.3) is 0 Å². The van der Waals surface area contributed by atoms with Gasteiger partial charge in [-0.1, -0.05) is 39.2 Å². The Morgan fingerprint density at radius 1 is 1.06 bits per heavy atom. The van der Waals surface area contributed by atoms with Crippen LogP contribution in [0.2, 0.25) is 0 Å². The van der Waals surface area contributed by atoms with E-state index in [4.69, 9.17) is 14.6 Å². The van der Waals surface area contributed by atoms with Crippen molar-refractivity contribution in [2.24, 2.45) is 29.6 Å². The van der Waals surface area contributed by atoms with Crippen molar-refractivity contribution in [1.82, 2.24) is 0 Å². The molecule has 0 amide bonds. The van der Waals surface area contributed by atoms with Crippen LogP contribution >= 0.6 is 0 Å². The van der Waals surface area contributed by atoms with Crippen LogP contribution in [0.25, 0.3) is 0 Å². The molecule has 2 aliphatic carbocycles. The summed E-state index contributed by atoms with van der Waals surface area (Å²) in [5.41, 5.74) is 0.998. The molecule has 3 fully saturated rings. The van der Waals surface area contributed by atoms with Crippen LogP contribution < -0.4 is 0 Å². The van der Waals surface area contributed by atoms with Gasteiger partial charge in [0.05, 0.1) is 6.10 Å². The van der Waals surface area contributed by atoms with E-state index in [0.29, 0.717) is 29.5 Å². The lowest BCUT2D eigenvalue weighted by Gasteiger charge is -2.34. The number of carbonyl (C=O) groups is 2.